The number of hydrogen-bond donors (Lipinski definition) is 1. The van der Waals surface area contributed by atoms with Gasteiger partial charge in [-0.05, 0) is 19.3 Å². The van der Waals surface area contributed by atoms with Gasteiger partial charge in [-0.1, -0.05) is 39.0 Å². The summed E-state index contributed by atoms with van der Waals surface area (Å²) in [6, 6.07) is 1.70. The summed E-state index contributed by atoms with van der Waals surface area (Å²) in [4.78, 5) is 2.82. The lowest BCUT2D eigenvalue weighted by atomic mass is 9.93. The minimum atomic E-state index is 0.804. The summed E-state index contributed by atoms with van der Waals surface area (Å²) in [5, 5.41) is 3.54. The Kier molecular flexibility index (Phi) is 5.11. The van der Waals surface area contributed by atoms with Crippen LogP contribution in [0.4, 0.5) is 0 Å². The molecule has 1 aliphatic carbocycles. The molecule has 1 heterocycles. The van der Waals surface area contributed by atoms with E-state index in [1.54, 1.807) is 0 Å². The Hall–Kier alpha value is -0.0800. The zero-order valence-electron chi connectivity index (χ0n) is 10.9. The molecular weight excluding hydrogens is 196 g/mol. The van der Waals surface area contributed by atoms with Gasteiger partial charge >= 0.3 is 0 Å². The van der Waals surface area contributed by atoms with Gasteiger partial charge in [-0.2, -0.15) is 0 Å². The van der Waals surface area contributed by atoms with Crippen LogP contribution in [0.3, 0.4) is 0 Å². The molecule has 0 spiro atoms. The van der Waals surface area contributed by atoms with Gasteiger partial charge in [0.1, 0.15) is 0 Å². The van der Waals surface area contributed by atoms with Crippen LogP contribution in [0.15, 0.2) is 0 Å². The highest BCUT2D eigenvalue weighted by Crippen LogP contribution is 2.24. The summed E-state index contributed by atoms with van der Waals surface area (Å²) in [5.41, 5.74) is 0. The van der Waals surface area contributed by atoms with Crippen molar-refractivity contribution in [3.05, 3.63) is 0 Å². The molecule has 1 aliphatic heterocycles. The van der Waals surface area contributed by atoms with E-state index in [-0.39, 0.29) is 0 Å². The normalized spacial score (nSPS) is 30.9. The molecule has 2 aliphatic rings. The molecule has 1 atom stereocenters. The van der Waals surface area contributed by atoms with E-state index in [9.17, 15) is 0 Å². The minimum absolute atomic E-state index is 0.804. The second-order valence-electron chi connectivity index (χ2n) is 5.50. The highest BCUT2D eigenvalue weighted by atomic mass is 15.2. The van der Waals surface area contributed by atoms with Gasteiger partial charge in [0.25, 0.3) is 0 Å². The molecule has 1 saturated carbocycles. The molecule has 2 fully saturated rings. The van der Waals surface area contributed by atoms with Crippen molar-refractivity contribution in [1.82, 2.24) is 10.2 Å². The highest BCUT2D eigenvalue weighted by molar-refractivity contribution is 4.84. The summed E-state index contributed by atoms with van der Waals surface area (Å²) >= 11 is 0. The molecule has 2 rings (SSSR count). The van der Waals surface area contributed by atoms with E-state index in [1.807, 2.05) is 0 Å². The number of piperazine rings is 1. The first-order valence-corrected chi connectivity index (χ1v) is 7.38. The summed E-state index contributed by atoms with van der Waals surface area (Å²) in [6.45, 7) is 6.04. The van der Waals surface area contributed by atoms with E-state index in [0.717, 1.165) is 12.1 Å². The molecule has 16 heavy (non-hydrogen) atoms. The van der Waals surface area contributed by atoms with Gasteiger partial charge in [-0.3, -0.25) is 4.90 Å². The maximum absolute atomic E-state index is 3.54. The van der Waals surface area contributed by atoms with Crippen LogP contribution in [-0.2, 0) is 0 Å². The van der Waals surface area contributed by atoms with Crippen molar-refractivity contribution < 1.29 is 0 Å². The van der Waals surface area contributed by atoms with E-state index in [1.165, 1.54) is 71.0 Å². The van der Waals surface area contributed by atoms with Gasteiger partial charge < -0.3 is 5.32 Å². The lowest BCUT2D eigenvalue weighted by Crippen LogP contribution is -2.55. The Morgan fingerprint density at radius 1 is 1.06 bits per heavy atom. The molecule has 2 heteroatoms. The standard InChI is InChI=1S/C14H28N2/c1-2-13-12-15-10-11-16(13)14-8-6-4-3-5-7-9-14/h13-15H,2-12H2,1H3. The smallest absolute Gasteiger partial charge is 0.0221 e. The number of nitrogens with one attached hydrogen (secondary N) is 1. The zero-order chi connectivity index (χ0) is 11.2. The Balaban J connectivity index is 1.90. The lowest BCUT2D eigenvalue weighted by Gasteiger charge is -2.42. The Morgan fingerprint density at radius 2 is 1.75 bits per heavy atom. The quantitative estimate of drug-likeness (QED) is 0.776. The van der Waals surface area contributed by atoms with Crippen LogP contribution in [0.25, 0.3) is 0 Å². The molecule has 0 aromatic heterocycles. The molecule has 1 unspecified atom stereocenters. The predicted octanol–water partition coefficient (Wildman–Crippen LogP) is 2.78. The fourth-order valence-corrected chi connectivity index (χ4v) is 3.40. The first-order valence-electron chi connectivity index (χ1n) is 7.38. The van der Waals surface area contributed by atoms with Crippen LogP contribution in [0, 0.1) is 0 Å². The maximum atomic E-state index is 3.54. The maximum Gasteiger partial charge on any atom is 0.0221 e. The molecule has 1 saturated heterocycles. The molecule has 2 nitrogen and oxygen atoms in total. The van der Waals surface area contributed by atoms with Crippen molar-refractivity contribution in [3.63, 3.8) is 0 Å². The summed E-state index contributed by atoms with van der Waals surface area (Å²) in [5.74, 6) is 0. The summed E-state index contributed by atoms with van der Waals surface area (Å²) in [6.07, 6.45) is 11.6. The Labute approximate surface area is 101 Å². The van der Waals surface area contributed by atoms with Gasteiger partial charge in [-0.25, -0.2) is 0 Å². The van der Waals surface area contributed by atoms with Crippen molar-refractivity contribution in [2.75, 3.05) is 19.6 Å². The molecule has 94 valence electrons. The van der Waals surface area contributed by atoms with Gasteiger partial charge in [0.05, 0.1) is 0 Å². The average Bonchev–Trinajstić information content (AvgIpc) is 2.29. The van der Waals surface area contributed by atoms with Gasteiger partial charge in [0.2, 0.25) is 0 Å². The van der Waals surface area contributed by atoms with Crippen molar-refractivity contribution in [1.29, 1.82) is 0 Å². The van der Waals surface area contributed by atoms with Crippen molar-refractivity contribution >= 4 is 0 Å². The van der Waals surface area contributed by atoms with Crippen molar-refractivity contribution in [2.24, 2.45) is 0 Å². The van der Waals surface area contributed by atoms with Crippen LogP contribution in [0.1, 0.15) is 58.3 Å². The third-order valence-corrected chi connectivity index (χ3v) is 4.41. The Morgan fingerprint density at radius 3 is 2.44 bits per heavy atom. The largest absolute Gasteiger partial charge is 0.314 e. The third-order valence-electron chi connectivity index (χ3n) is 4.41. The van der Waals surface area contributed by atoms with Gasteiger partial charge in [-0.15, -0.1) is 0 Å². The van der Waals surface area contributed by atoms with E-state index in [2.05, 4.69) is 17.1 Å². The number of rotatable bonds is 2. The molecule has 0 aromatic carbocycles. The van der Waals surface area contributed by atoms with Gasteiger partial charge in [0.15, 0.2) is 0 Å². The monoisotopic (exact) mass is 224 g/mol. The second kappa shape index (κ2) is 6.61. The lowest BCUT2D eigenvalue weighted by molar-refractivity contribution is 0.0861. The molecule has 0 amide bonds. The van der Waals surface area contributed by atoms with Crippen LogP contribution in [-0.4, -0.2) is 36.6 Å². The first-order chi connectivity index (χ1) is 7.92. The van der Waals surface area contributed by atoms with Gasteiger partial charge in [0, 0.05) is 31.7 Å². The van der Waals surface area contributed by atoms with Crippen LogP contribution < -0.4 is 5.32 Å². The first kappa shape index (κ1) is 12.4. The molecule has 0 aromatic rings. The molecule has 1 N–H and O–H groups in total. The molecular formula is C14H28N2. The molecule has 0 radical (unpaired) electrons. The number of hydrogen-bond acceptors (Lipinski definition) is 2. The zero-order valence-corrected chi connectivity index (χ0v) is 10.9. The van der Waals surface area contributed by atoms with Crippen LogP contribution in [0.5, 0.6) is 0 Å². The Bertz CT molecular complexity index is 185. The van der Waals surface area contributed by atoms with E-state index in [4.69, 9.17) is 0 Å². The number of nitrogens with zero attached hydrogens (tertiary/aromatic N) is 1. The molecule has 0 bridgehead atoms. The third kappa shape index (κ3) is 3.21. The summed E-state index contributed by atoms with van der Waals surface area (Å²) in [7, 11) is 0. The SMILES string of the molecule is CCC1CNCCN1C1CCCCCCC1. The minimum Gasteiger partial charge on any atom is -0.314 e. The fraction of sp³-hybridized carbons (Fsp3) is 1.00. The topological polar surface area (TPSA) is 15.3 Å². The van der Waals surface area contributed by atoms with Crippen molar-refractivity contribution in [2.45, 2.75) is 70.4 Å². The van der Waals surface area contributed by atoms with Crippen molar-refractivity contribution in [3.8, 4) is 0 Å². The van der Waals surface area contributed by atoms with E-state index >= 15 is 0 Å². The average molecular weight is 224 g/mol. The second-order valence-corrected chi connectivity index (χ2v) is 5.50. The van der Waals surface area contributed by atoms with E-state index < -0.39 is 0 Å². The van der Waals surface area contributed by atoms with E-state index in [0.29, 0.717) is 0 Å². The highest BCUT2D eigenvalue weighted by Gasteiger charge is 2.27. The summed E-state index contributed by atoms with van der Waals surface area (Å²) < 4.78 is 0. The van der Waals surface area contributed by atoms with Crippen LogP contribution >= 0.6 is 0 Å². The predicted molar refractivity (Wildman–Crippen MR) is 69.8 cm³/mol. The van der Waals surface area contributed by atoms with Crippen LogP contribution in [0.2, 0.25) is 0 Å². The fourth-order valence-electron chi connectivity index (χ4n) is 3.40.